The molecule has 1 aliphatic rings. The third-order valence-corrected chi connectivity index (χ3v) is 4.75. The number of carbonyl (C=O) groups excluding carboxylic acids is 4. The van der Waals surface area contributed by atoms with E-state index < -0.39 is 54.6 Å². The molecule has 0 bridgehead atoms. The number of nitrogens with zero attached hydrogens (tertiary/aromatic N) is 1. The monoisotopic (exact) mass is 527 g/mol. The number of esters is 4. The Kier molecular flexibility index (Phi) is 9.19. The van der Waals surface area contributed by atoms with E-state index >= 15 is 0 Å². The lowest BCUT2D eigenvalue weighted by Gasteiger charge is -2.43. The molecular weight excluding hydrogens is 506 g/mol. The van der Waals surface area contributed by atoms with Gasteiger partial charge in [0, 0.05) is 32.2 Å². The first kappa shape index (κ1) is 26.1. The van der Waals surface area contributed by atoms with E-state index in [-0.39, 0.29) is 17.9 Å². The van der Waals surface area contributed by atoms with E-state index in [0.717, 1.165) is 20.8 Å². The van der Waals surface area contributed by atoms with Crippen molar-refractivity contribution < 1.29 is 47.6 Å². The van der Waals surface area contributed by atoms with Crippen molar-refractivity contribution in [3.8, 4) is 11.8 Å². The average molecular weight is 528 g/mol. The predicted octanol–water partition coefficient (Wildman–Crippen LogP) is 1.78. The maximum atomic E-state index is 11.8. The number of hydrogen-bond acceptors (Lipinski definition) is 11. The first-order chi connectivity index (χ1) is 15.5. The van der Waals surface area contributed by atoms with Gasteiger partial charge in [0.05, 0.1) is 5.56 Å². The van der Waals surface area contributed by atoms with Gasteiger partial charge >= 0.3 is 23.9 Å². The van der Waals surface area contributed by atoms with E-state index in [9.17, 15) is 24.4 Å². The Morgan fingerprint density at radius 1 is 0.939 bits per heavy atom. The van der Waals surface area contributed by atoms with Gasteiger partial charge in [-0.25, -0.2) is 0 Å². The van der Waals surface area contributed by atoms with Gasteiger partial charge in [0.2, 0.25) is 12.4 Å². The van der Waals surface area contributed by atoms with Crippen molar-refractivity contribution in [1.29, 1.82) is 5.26 Å². The largest absolute Gasteiger partial charge is 0.463 e. The summed E-state index contributed by atoms with van der Waals surface area (Å²) in [4.78, 5) is 46.8. The minimum Gasteiger partial charge on any atom is -0.463 e. The molecule has 0 N–H and O–H groups in total. The summed E-state index contributed by atoms with van der Waals surface area (Å²) < 4.78 is 33.2. The molecule has 0 spiro atoms. The minimum absolute atomic E-state index is 0.0848. The van der Waals surface area contributed by atoms with Gasteiger partial charge in [-0.1, -0.05) is 15.9 Å². The van der Waals surface area contributed by atoms with Crippen LogP contribution in [-0.4, -0.2) is 61.2 Å². The Balaban J connectivity index is 2.51. The zero-order valence-electron chi connectivity index (χ0n) is 18.2. The summed E-state index contributed by atoms with van der Waals surface area (Å²) in [6.07, 6.45) is -6.62. The molecule has 178 valence electrons. The number of ether oxygens (including phenoxy) is 6. The zero-order valence-corrected chi connectivity index (χ0v) is 19.8. The molecule has 1 aromatic carbocycles. The van der Waals surface area contributed by atoms with Crippen molar-refractivity contribution in [1.82, 2.24) is 0 Å². The number of nitriles is 1. The van der Waals surface area contributed by atoms with Crippen LogP contribution in [0.1, 0.15) is 33.3 Å². The molecule has 0 saturated carbocycles. The molecule has 0 radical (unpaired) electrons. The summed E-state index contributed by atoms with van der Waals surface area (Å²) in [6.45, 7) is 4.14. The highest BCUT2D eigenvalue weighted by Crippen LogP contribution is 2.32. The molecule has 0 aromatic heterocycles. The Morgan fingerprint density at radius 2 is 1.52 bits per heavy atom. The number of halogens is 1. The van der Waals surface area contributed by atoms with E-state index in [2.05, 4.69) is 15.9 Å². The maximum Gasteiger partial charge on any atom is 0.303 e. The van der Waals surface area contributed by atoms with Crippen molar-refractivity contribution in [2.24, 2.45) is 0 Å². The highest BCUT2D eigenvalue weighted by atomic mass is 79.9. The number of carbonyl (C=O) groups is 4. The van der Waals surface area contributed by atoms with Crippen molar-refractivity contribution >= 4 is 39.8 Å². The minimum atomic E-state index is -1.42. The summed E-state index contributed by atoms with van der Waals surface area (Å²) in [5.41, 5.74) is 0.136. The summed E-state index contributed by atoms with van der Waals surface area (Å²) in [5, 5.41) is 9.43. The molecule has 5 atom stereocenters. The Morgan fingerprint density at radius 3 is 2.06 bits per heavy atom. The fourth-order valence-corrected chi connectivity index (χ4v) is 3.46. The second-order valence-corrected chi connectivity index (χ2v) is 7.85. The molecule has 0 aliphatic carbocycles. The van der Waals surface area contributed by atoms with Crippen LogP contribution in [0.2, 0.25) is 0 Å². The van der Waals surface area contributed by atoms with Crippen LogP contribution in [0.3, 0.4) is 0 Å². The van der Waals surface area contributed by atoms with Crippen molar-refractivity contribution in [3.63, 3.8) is 0 Å². The smallest absolute Gasteiger partial charge is 0.303 e. The van der Waals surface area contributed by atoms with Crippen LogP contribution in [0.15, 0.2) is 22.7 Å². The van der Waals surface area contributed by atoms with Gasteiger partial charge in [-0.15, -0.1) is 0 Å². The second-order valence-electron chi connectivity index (χ2n) is 6.94. The molecule has 1 aliphatic heterocycles. The van der Waals surface area contributed by atoms with Crippen molar-refractivity contribution in [3.05, 3.63) is 28.2 Å². The van der Waals surface area contributed by atoms with Gasteiger partial charge in [0.15, 0.2) is 12.2 Å². The molecule has 0 unspecified atom stereocenters. The van der Waals surface area contributed by atoms with Gasteiger partial charge in [0.1, 0.15) is 24.5 Å². The number of rotatable bonds is 7. The molecule has 1 saturated heterocycles. The van der Waals surface area contributed by atoms with E-state index in [1.54, 1.807) is 6.07 Å². The summed E-state index contributed by atoms with van der Waals surface area (Å²) in [7, 11) is 0. The van der Waals surface area contributed by atoms with Crippen LogP contribution >= 0.6 is 15.9 Å². The van der Waals surface area contributed by atoms with Crippen LogP contribution in [0, 0.1) is 11.3 Å². The van der Waals surface area contributed by atoms with E-state index in [1.165, 1.54) is 19.1 Å². The van der Waals surface area contributed by atoms with Gasteiger partial charge < -0.3 is 28.4 Å². The second kappa shape index (κ2) is 11.6. The lowest BCUT2D eigenvalue weighted by Crippen LogP contribution is -2.63. The lowest BCUT2D eigenvalue weighted by molar-refractivity contribution is -0.288. The molecular formula is C21H22BrNO10. The summed E-state index contributed by atoms with van der Waals surface area (Å²) in [6, 6.07) is 6.56. The normalized spacial score (nSPS) is 24.1. The molecule has 0 amide bonds. The number of benzene rings is 1. The number of hydrogen-bond donors (Lipinski definition) is 0. The van der Waals surface area contributed by atoms with E-state index in [0.29, 0.717) is 4.47 Å². The van der Waals surface area contributed by atoms with Gasteiger partial charge in [-0.05, 0) is 18.2 Å². The summed E-state index contributed by atoms with van der Waals surface area (Å²) >= 11 is 3.26. The molecule has 33 heavy (non-hydrogen) atoms. The Labute approximate surface area is 197 Å². The predicted molar refractivity (Wildman–Crippen MR) is 111 cm³/mol. The molecule has 1 heterocycles. The molecule has 11 nitrogen and oxygen atoms in total. The SMILES string of the molecule is CC(=O)OC[C@H]1O[C@H](Oc2ccc(Br)cc2C#N)[C@@H](OC(C)=O)[C@@H](OC(C)=O)[C@@H]1OC(C)=O. The van der Waals surface area contributed by atoms with Gasteiger partial charge in [-0.2, -0.15) is 5.26 Å². The van der Waals surface area contributed by atoms with Crippen molar-refractivity contribution in [2.45, 2.75) is 58.4 Å². The standard InChI is InChI=1S/C21H22BrNO10/c1-10(24)28-9-17-18(29-11(2)25)19(30-12(3)26)20(31-13(4)27)21(33-17)32-16-6-5-15(22)7-14(16)8-23/h5-7,17-21H,9H2,1-4H3/t17-,18-,19+,20+,21+/m1/s1. The van der Waals surface area contributed by atoms with Crippen LogP contribution in [0.5, 0.6) is 5.75 Å². The lowest BCUT2D eigenvalue weighted by atomic mass is 9.98. The van der Waals surface area contributed by atoms with E-state index in [1.807, 2.05) is 6.07 Å². The maximum absolute atomic E-state index is 11.8. The fourth-order valence-electron chi connectivity index (χ4n) is 3.10. The van der Waals surface area contributed by atoms with Crippen molar-refractivity contribution in [2.75, 3.05) is 6.61 Å². The topological polar surface area (TPSA) is 147 Å². The first-order valence-electron chi connectivity index (χ1n) is 9.68. The third-order valence-electron chi connectivity index (χ3n) is 4.25. The molecule has 12 heteroatoms. The van der Waals surface area contributed by atoms with Crippen LogP contribution in [0.25, 0.3) is 0 Å². The Bertz CT molecular complexity index is 959. The average Bonchev–Trinajstić information content (AvgIpc) is 2.71. The van der Waals surface area contributed by atoms with Crippen LogP contribution < -0.4 is 4.74 Å². The van der Waals surface area contributed by atoms with E-state index in [4.69, 9.17) is 28.4 Å². The Hall–Kier alpha value is -3.17. The quantitative estimate of drug-likeness (QED) is 0.377. The third kappa shape index (κ3) is 7.44. The zero-order chi connectivity index (χ0) is 24.7. The molecule has 1 aromatic rings. The molecule has 1 fully saturated rings. The van der Waals surface area contributed by atoms with Crippen LogP contribution in [-0.2, 0) is 42.9 Å². The van der Waals surface area contributed by atoms with Crippen LogP contribution in [0.4, 0.5) is 0 Å². The highest BCUT2D eigenvalue weighted by Gasteiger charge is 2.53. The fraction of sp³-hybridized carbons (Fsp3) is 0.476. The highest BCUT2D eigenvalue weighted by molar-refractivity contribution is 9.10. The van der Waals surface area contributed by atoms with Gasteiger partial charge in [-0.3, -0.25) is 19.2 Å². The van der Waals surface area contributed by atoms with Gasteiger partial charge in [0.25, 0.3) is 0 Å². The molecule has 2 rings (SSSR count). The summed E-state index contributed by atoms with van der Waals surface area (Å²) in [5.74, 6) is -2.81. The first-order valence-corrected chi connectivity index (χ1v) is 10.5.